The molecule has 0 aromatic heterocycles. The first-order valence-electron chi connectivity index (χ1n) is 7.24. The summed E-state index contributed by atoms with van der Waals surface area (Å²) in [7, 11) is 4.03. The van der Waals surface area contributed by atoms with Gasteiger partial charge in [0.15, 0.2) is 0 Å². The number of likely N-dealkylation sites (N-methyl/N-ethyl adjacent to an activating group) is 1. The summed E-state index contributed by atoms with van der Waals surface area (Å²) in [5.74, 6) is 0. The van der Waals surface area contributed by atoms with E-state index in [1.165, 1.54) is 32.5 Å². The van der Waals surface area contributed by atoms with Crippen LogP contribution in [0.1, 0.15) is 40.5 Å². The summed E-state index contributed by atoms with van der Waals surface area (Å²) in [5.41, 5.74) is 0. The minimum absolute atomic E-state index is 0.698. The smallest absolute Gasteiger partial charge is 0.0618 e. The zero-order chi connectivity index (χ0) is 13.3. The SMILES string of the molecule is CC.CC.COCC1CCC2CN(C)CCN12. The molecule has 2 atom stereocenters. The van der Waals surface area contributed by atoms with Crippen molar-refractivity contribution in [3.8, 4) is 0 Å². The van der Waals surface area contributed by atoms with Crippen molar-refractivity contribution in [1.82, 2.24) is 9.80 Å². The highest BCUT2D eigenvalue weighted by Crippen LogP contribution is 2.26. The Hall–Kier alpha value is -0.120. The summed E-state index contributed by atoms with van der Waals surface area (Å²) >= 11 is 0. The van der Waals surface area contributed by atoms with Gasteiger partial charge in [-0.3, -0.25) is 4.90 Å². The van der Waals surface area contributed by atoms with E-state index >= 15 is 0 Å². The number of hydrogen-bond acceptors (Lipinski definition) is 3. The molecule has 2 heterocycles. The normalized spacial score (nSPS) is 28.6. The Morgan fingerprint density at radius 2 is 1.71 bits per heavy atom. The van der Waals surface area contributed by atoms with Gasteiger partial charge in [-0.25, -0.2) is 0 Å². The molecule has 2 unspecified atom stereocenters. The number of rotatable bonds is 2. The number of fused-ring (bicyclic) bond motifs is 1. The van der Waals surface area contributed by atoms with Crippen molar-refractivity contribution in [1.29, 1.82) is 0 Å². The zero-order valence-electron chi connectivity index (χ0n) is 12.7. The Kier molecular flexibility index (Phi) is 9.79. The first-order chi connectivity index (χ1) is 8.31. The molecular formula is C14H32N2O. The first-order valence-corrected chi connectivity index (χ1v) is 7.24. The van der Waals surface area contributed by atoms with Crippen molar-refractivity contribution < 1.29 is 4.74 Å². The number of hydrogen-bond donors (Lipinski definition) is 0. The van der Waals surface area contributed by atoms with E-state index in [9.17, 15) is 0 Å². The quantitative estimate of drug-likeness (QED) is 0.742. The fraction of sp³-hybridized carbons (Fsp3) is 1.00. The van der Waals surface area contributed by atoms with Crippen LogP contribution in [0, 0.1) is 0 Å². The van der Waals surface area contributed by atoms with Gasteiger partial charge in [0.25, 0.3) is 0 Å². The van der Waals surface area contributed by atoms with Gasteiger partial charge >= 0.3 is 0 Å². The van der Waals surface area contributed by atoms with Gasteiger partial charge in [0, 0.05) is 38.8 Å². The maximum atomic E-state index is 5.25. The first kappa shape index (κ1) is 16.9. The Labute approximate surface area is 108 Å². The van der Waals surface area contributed by atoms with Crippen molar-refractivity contribution in [2.75, 3.05) is 40.4 Å². The highest BCUT2D eigenvalue weighted by Gasteiger charge is 2.35. The number of ether oxygens (including phenoxy) is 1. The lowest BCUT2D eigenvalue weighted by Gasteiger charge is -2.38. The predicted octanol–water partition coefficient (Wildman–Crippen LogP) is 2.46. The van der Waals surface area contributed by atoms with Crippen LogP contribution < -0.4 is 0 Å². The van der Waals surface area contributed by atoms with E-state index in [1.54, 1.807) is 0 Å². The van der Waals surface area contributed by atoms with Crippen LogP contribution in [0.3, 0.4) is 0 Å². The molecule has 2 aliphatic rings. The van der Waals surface area contributed by atoms with E-state index in [0.717, 1.165) is 12.6 Å². The maximum Gasteiger partial charge on any atom is 0.0618 e. The fourth-order valence-electron chi connectivity index (χ4n) is 2.68. The average molecular weight is 244 g/mol. The van der Waals surface area contributed by atoms with Gasteiger partial charge in [-0.15, -0.1) is 0 Å². The molecule has 0 amide bonds. The van der Waals surface area contributed by atoms with Crippen LogP contribution in [0.5, 0.6) is 0 Å². The van der Waals surface area contributed by atoms with E-state index in [2.05, 4.69) is 16.8 Å². The minimum atomic E-state index is 0.698. The third-order valence-electron chi connectivity index (χ3n) is 3.39. The molecule has 0 spiro atoms. The van der Waals surface area contributed by atoms with E-state index in [-0.39, 0.29) is 0 Å². The van der Waals surface area contributed by atoms with Crippen molar-refractivity contribution >= 4 is 0 Å². The average Bonchev–Trinajstić information content (AvgIpc) is 2.77. The molecule has 104 valence electrons. The molecule has 2 fully saturated rings. The Balaban J connectivity index is 0.000000581. The molecule has 3 heteroatoms. The van der Waals surface area contributed by atoms with E-state index in [0.29, 0.717) is 6.04 Å². The Bertz CT molecular complexity index is 170. The van der Waals surface area contributed by atoms with E-state index < -0.39 is 0 Å². The number of methoxy groups -OCH3 is 1. The standard InChI is InChI=1S/C10H20N2O.2C2H6/c1-11-5-6-12-9(7-11)3-4-10(12)8-13-2;2*1-2/h9-10H,3-8H2,1-2H3;2*1-2H3. The maximum absolute atomic E-state index is 5.25. The second-order valence-electron chi connectivity index (χ2n) is 4.34. The summed E-state index contributed by atoms with van der Waals surface area (Å²) in [4.78, 5) is 5.08. The third kappa shape index (κ3) is 4.94. The summed E-state index contributed by atoms with van der Waals surface area (Å²) in [6.07, 6.45) is 2.69. The van der Waals surface area contributed by atoms with Crippen LogP contribution in [-0.4, -0.2) is 62.3 Å². The number of nitrogens with zero attached hydrogens (tertiary/aromatic N) is 2. The second-order valence-corrected chi connectivity index (χ2v) is 4.34. The van der Waals surface area contributed by atoms with Crippen LogP contribution in [0.25, 0.3) is 0 Å². The van der Waals surface area contributed by atoms with Crippen LogP contribution in [0.2, 0.25) is 0 Å². The van der Waals surface area contributed by atoms with Crippen LogP contribution in [0.4, 0.5) is 0 Å². The largest absolute Gasteiger partial charge is 0.383 e. The molecule has 0 saturated carbocycles. The molecule has 3 nitrogen and oxygen atoms in total. The van der Waals surface area contributed by atoms with Crippen molar-refractivity contribution in [2.24, 2.45) is 0 Å². The lowest BCUT2D eigenvalue weighted by molar-refractivity contribution is 0.0541. The molecular weight excluding hydrogens is 212 g/mol. The molecule has 2 rings (SSSR count). The van der Waals surface area contributed by atoms with Crippen molar-refractivity contribution in [3.05, 3.63) is 0 Å². The third-order valence-corrected chi connectivity index (χ3v) is 3.39. The van der Waals surface area contributed by atoms with Gasteiger partial charge in [-0.2, -0.15) is 0 Å². The summed E-state index contributed by atoms with van der Waals surface area (Å²) in [6, 6.07) is 1.50. The summed E-state index contributed by atoms with van der Waals surface area (Å²) in [5, 5.41) is 0. The second kappa shape index (κ2) is 9.86. The molecule has 0 bridgehead atoms. The molecule has 0 N–H and O–H groups in total. The van der Waals surface area contributed by atoms with Gasteiger partial charge in [0.05, 0.1) is 6.61 Å². The van der Waals surface area contributed by atoms with Crippen molar-refractivity contribution in [2.45, 2.75) is 52.6 Å². The highest BCUT2D eigenvalue weighted by molar-refractivity contribution is 4.92. The lowest BCUT2D eigenvalue weighted by Crippen LogP contribution is -2.51. The van der Waals surface area contributed by atoms with Crippen LogP contribution >= 0.6 is 0 Å². The van der Waals surface area contributed by atoms with E-state index in [1.807, 2.05) is 34.8 Å². The summed E-state index contributed by atoms with van der Waals surface area (Å²) in [6.45, 7) is 12.6. The monoisotopic (exact) mass is 244 g/mol. The summed E-state index contributed by atoms with van der Waals surface area (Å²) < 4.78 is 5.25. The molecule has 17 heavy (non-hydrogen) atoms. The molecule has 0 aromatic rings. The van der Waals surface area contributed by atoms with E-state index in [4.69, 9.17) is 4.74 Å². The van der Waals surface area contributed by atoms with Gasteiger partial charge in [-0.05, 0) is 19.9 Å². The Morgan fingerprint density at radius 1 is 1.06 bits per heavy atom. The van der Waals surface area contributed by atoms with Gasteiger partial charge in [0.1, 0.15) is 0 Å². The topological polar surface area (TPSA) is 15.7 Å². The molecule has 2 saturated heterocycles. The zero-order valence-corrected chi connectivity index (χ0v) is 12.7. The van der Waals surface area contributed by atoms with Crippen LogP contribution in [0.15, 0.2) is 0 Å². The minimum Gasteiger partial charge on any atom is -0.383 e. The molecule has 2 aliphatic heterocycles. The lowest BCUT2D eigenvalue weighted by atomic mass is 10.2. The van der Waals surface area contributed by atoms with Crippen LogP contribution in [-0.2, 0) is 4.74 Å². The molecule has 0 radical (unpaired) electrons. The molecule has 0 aliphatic carbocycles. The van der Waals surface area contributed by atoms with Gasteiger partial charge in [-0.1, -0.05) is 27.7 Å². The predicted molar refractivity (Wildman–Crippen MR) is 75.6 cm³/mol. The fourth-order valence-corrected chi connectivity index (χ4v) is 2.68. The number of piperazine rings is 1. The van der Waals surface area contributed by atoms with Gasteiger partial charge in [0.2, 0.25) is 0 Å². The Morgan fingerprint density at radius 3 is 2.29 bits per heavy atom. The highest BCUT2D eigenvalue weighted by atomic mass is 16.5. The van der Waals surface area contributed by atoms with Gasteiger partial charge < -0.3 is 9.64 Å². The van der Waals surface area contributed by atoms with Crippen molar-refractivity contribution in [3.63, 3.8) is 0 Å². The molecule has 0 aromatic carbocycles.